The Morgan fingerprint density at radius 2 is 1.96 bits per heavy atom. The third kappa shape index (κ3) is 4.12. The number of anilines is 1. The maximum atomic E-state index is 12.1. The van der Waals surface area contributed by atoms with Gasteiger partial charge in [0, 0.05) is 12.3 Å². The lowest BCUT2D eigenvalue weighted by molar-refractivity contribution is 0.0679. The van der Waals surface area contributed by atoms with Crippen molar-refractivity contribution in [2.75, 3.05) is 18.5 Å². The molecule has 3 rings (SSSR count). The first-order valence-electron chi connectivity index (χ1n) is 7.61. The lowest BCUT2D eigenvalue weighted by atomic mass is 10.2. The third-order valence-corrected chi connectivity index (χ3v) is 4.68. The Morgan fingerprint density at radius 3 is 2.58 bits per heavy atom. The van der Waals surface area contributed by atoms with Crippen molar-refractivity contribution in [2.24, 2.45) is 0 Å². The summed E-state index contributed by atoms with van der Waals surface area (Å²) >= 11 is 0.944. The smallest absolute Gasteiger partial charge is 0.345 e. The SMILES string of the molecule is O=C(O)c1ccc(C(=O)Nc2ccc(OCC3CCCO3)cc2)s1. The molecule has 2 heterocycles. The fourth-order valence-corrected chi connectivity index (χ4v) is 3.11. The molecule has 2 N–H and O–H groups in total. The van der Waals surface area contributed by atoms with Crippen molar-refractivity contribution in [3.8, 4) is 5.75 Å². The minimum atomic E-state index is -1.04. The Kier molecular flexibility index (Phi) is 5.12. The van der Waals surface area contributed by atoms with Gasteiger partial charge < -0.3 is 19.9 Å². The van der Waals surface area contributed by atoms with E-state index in [4.69, 9.17) is 14.6 Å². The third-order valence-electron chi connectivity index (χ3n) is 3.61. The molecule has 1 aliphatic heterocycles. The number of carbonyl (C=O) groups excluding carboxylic acids is 1. The van der Waals surface area contributed by atoms with Gasteiger partial charge in [-0.15, -0.1) is 11.3 Å². The number of amides is 1. The standard InChI is InChI=1S/C17H17NO5S/c19-16(14-7-8-15(24-14)17(20)21)18-11-3-5-12(6-4-11)23-10-13-2-1-9-22-13/h3-8,13H,1-2,9-10H2,(H,18,19)(H,20,21). The first-order chi connectivity index (χ1) is 11.6. The number of carboxylic acid groups (broad SMARTS) is 1. The van der Waals surface area contributed by atoms with E-state index in [-0.39, 0.29) is 16.9 Å². The second kappa shape index (κ2) is 7.46. The van der Waals surface area contributed by atoms with Gasteiger partial charge in [0.25, 0.3) is 5.91 Å². The number of ether oxygens (including phenoxy) is 2. The van der Waals surface area contributed by atoms with Gasteiger partial charge in [0.05, 0.1) is 11.0 Å². The van der Waals surface area contributed by atoms with Gasteiger partial charge in [0.15, 0.2) is 0 Å². The molecular formula is C17H17NO5S. The van der Waals surface area contributed by atoms with Crippen LogP contribution in [-0.4, -0.2) is 36.3 Å². The van der Waals surface area contributed by atoms with E-state index in [0.717, 1.165) is 30.8 Å². The number of carboxylic acids is 1. The summed E-state index contributed by atoms with van der Waals surface area (Å²) < 4.78 is 11.2. The summed E-state index contributed by atoms with van der Waals surface area (Å²) in [7, 11) is 0. The van der Waals surface area contributed by atoms with Crippen LogP contribution in [0.3, 0.4) is 0 Å². The van der Waals surface area contributed by atoms with Crippen molar-refractivity contribution in [1.29, 1.82) is 0 Å². The van der Waals surface area contributed by atoms with E-state index in [1.165, 1.54) is 12.1 Å². The van der Waals surface area contributed by atoms with Gasteiger partial charge in [0.2, 0.25) is 0 Å². The van der Waals surface area contributed by atoms with Crippen molar-refractivity contribution in [3.05, 3.63) is 46.2 Å². The van der Waals surface area contributed by atoms with E-state index in [2.05, 4.69) is 5.32 Å². The largest absolute Gasteiger partial charge is 0.491 e. The first kappa shape index (κ1) is 16.5. The summed E-state index contributed by atoms with van der Waals surface area (Å²) in [5.74, 6) is -0.653. The van der Waals surface area contributed by atoms with Crippen LogP contribution in [0.4, 0.5) is 5.69 Å². The van der Waals surface area contributed by atoms with Crippen molar-refractivity contribution in [3.63, 3.8) is 0 Å². The topological polar surface area (TPSA) is 84.9 Å². The number of aromatic carboxylic acids is 1. The molecule has 0 radical (unpaired) electrons. The van der Waals surface area contributed by atoms with Gasteiger partial charge in [-0.25, -0.2) is 4.79 Å². The lowest BCUT2D eigenvalue weighted by Gasteiger charge is -2.12. The highest BCUT2D eigenvalue weighted by molar-refractivity contribution is 7.15. The summed E-state index contributed by atoms with van der Waals surface area (Å²) in [5, 5.41) is 11.6. The van der Waals surface area contributed by atoms with Gasteiger partial charge in [-0.05, 0) is 49.2 Å². The van der Waals surface area contributed by atoms with Crippen molar-refractivity contribution in [1.82, 2.24) is 0 Å². The van der Waals surface area contributed by atoms with Crippen LogP contribution in [0.5, 0.6) is 5.75 Å². The van der Waals surface area contributed by atoms with Crippen LogP contribution < -0.4 is 10.1 Å². The molecule has 1 fully saturated rings. The summed E-state index contributed by atoms with van der Waals surface area (Å²) in [6.45, 7) is 1.32. The molecule has 0 saturated carbocycles. The number of benzene rings is 1. The number of hydrogen-bond donors (Lipinski definition) is 2. The second-order valence-electron chi connectivity index (χ2n) is 5.39. The molecule has 7 heteroatoms. The molecule has 1 aromatic heterocycles. The van der Waals surface area contributed by atoms with Gasteiger partial charge in [-0.3, -0.25) is 4.79 Å². The van der Waals surface area contributed by atoms with Crippen molar-refractivity contribution >= 4 is 28.9 Å². The molecule has 1 saturated heterocycles. The Hall–Kier alpha value is -2.38. The monoisotopic (exact) mass is 347 g/mol. The summed E-state index contributed by atoms with van der Waals surface area (Å²) in [6.07, 6.45) is 2.25. The number of thiophene rings is 1. The predicted molar refractivity (Wildman–Crippen MR) is 90.1 cm³/mol. The first-order valence-corrected chi connectivity index (χ1v) is 8.42. The zero-order chi connectivity index (χ0) is 16.9. The highest BCUT2D eigenvalue weighted by Gasteiger charge is 2.16. The Bertz CT molecular complexity index is 719. The fraction of sp³-hybridized carbons (Fsp3) is 0.294. The number of hydrogen-bond acceptors (Lipinski definition) is 5. The molecule has 1 aliphatic rings. The van der Waals surface area contributed by atoms with Gasteiger partial charge in [0.1, 0.15) is 17.2 Å². The Morgan fingerprint density at radius 1 is 1.21 bits per heavy atom. The van der Waals surface area contributed by atoms with Crippen LogP contribution in [-0.2, 0) is 4.74 Å². The average Bonchev–Trinajstić information content (AvgIpc) is 3.26. The van der Waals surface area contributed by atoms with Gasteiger partial charge in [-0.1, -0.05) is 0 Å². The Labute approximate surface area is 143 Å². The molecule has 1 unspecified atom stereocenters. The van der Waals surface area contributed by atoms with Crippen LogP contribution >= 0.6 is 11.3 Å². The molecule has 1 amide bonds. The maximum Gasteiger partial charge on any atom is 0.345 e. The Balaban J connectivity index is 1.54. The van der Waals surface area contributed by atoms with Crippen LogP contribution in [0.15, 0.2) is 36.4 Å². The molecule has 1 atom stereocenters. The molecule has 0 spiro atoms. The molecule has 0 aliphatic carbocycles. The molecule has 0 bridgehead atoms. The van der Waals surface area contributed by atoms with Crippen LogP contribution in [0, 0.1) is 0 Å². The summed E-state index contributed by atoms with van der Waals surface area (Å²) in [5.41, 5.74) is 0.620. The second-order valence-corrected chi connectivity index (χ2v) is 6.48. The minimum Gasteiger partial charge on any atom is -0.491 e. The summed E-state index contributed by atoms with van der Waals surface area (Å²) in [6, 6.07) is 9.97. The van der Waals surface area contributed by atoms with Gasteiger partial charge >= 0.3 is 5.97 Å². The normalized spacial score (nSPS) is 16.8. The van der Waals surface area contributed by atoms with Gasteiger partial charge in [-0.2, -0.15) is 0 Å². The zero-order valence-electron chi connectivity index (χ0n) is 12.9. The lowest BCUT2D eigenvalue weighted by Crippen LogP contribution is -2.16. The van der Waals surface area contributed by atoms with Crippen LogP contribution in [0.25, 0.3) is 0 Å². The van der Waals surface area contributed by atoms with Crippen LogP contribution in [0.1, 0.15) is 32.2 Å². The van der Waals surface area contributed by atoms with E-state index < -0.39 is 5.97 Å². The fourth-order valence-electron chi connectivity index (χ4n) is 2.37. The quantitative estimate of drug-likeness (QED) is 0.838. The molecular weight excluding hydrogens is 330 g/mol. The van der Waals surface area contributed by atoms with Crippen molar-refractivity contribution < 1.29 is 24.2 Å². The van der Waals surface area contributed by atoms with Crippen molar-refractivity contribution in [2.45, 2.75) is 18.9 Å². The predicted octanol–water partition coefficient (Wildman–Crippen LogP) is 3.26. The van der Waals surface area contributed by atoms with E-state index in [0.29, 0.717) is 22.9 Å². The highest BCUT2D eigenvalue weighted by Crippen LogP contribution is 2.21. The highest BCUT2D eigenvalue weighted by atomic mass is 32.1. The van der Waals surface area contributed by atoms with Crippen LogP contribution in [0.2, 0.25) is 0 Å². The number of rotatable bonds is 6. The molecule has 126 valence electrons. The number of nitrogens with one attached hydrogen (secondary N) is 1. The summed E-state index contributed by atoms with van der Waals surface area (Å²) in [4.78, 5) is 23.4. The van der Waals surface area contributed by atoms with E-state index in [1.54, 1.807) is 24.3 Å². The van der Waals surface area contributed by atoms with E-state index in [1.807, 2.05) is 0 Å². The average molecular weight is 347 g/mol. The zero-order valence-corrected chi connectivity index (χ0v) is 13.7. The minimum absolute atomic E-state index is 0.137. The molecule has 6 nitrogen and oxygen atoms in total. The maximum absolute atomic E-state index is 12.1. The number of carbonyl (C=O) groups is 2. The molecule has 24 heavy (non-hydrogen) atoms. The molecule has 1 aromatic carbocycles. The molecule has 2 aromatic rings. The van der Waals surface area contributed by atoms with E-state index in [9.17, 15) is 9.59 Å². The van der Waals surface area contributed by atoms with E-state index >= 15 is 0 Å².